The number of piperidine rings is 1. The highest BCUT2D eigenvalue weighted by Gasteiger charge is 2.40. The van der Waals surface area contributed by atoms with Crippen molar-refractivity contribution in [1.82, 2.24) is 15.2 Å². The molecule has 152 valence electrons. The van der Waals surface area contributed by atoms with Crippen LogP contribution >= 0.6 is 0 Å². The fraction of sp³-hybridized carbons (Fsp3) is 0.381. The van der Waals surface area contributed by atoms with Gasteiger partial charge in [-0.15, -0.1) is 0 Å². The average Bonchev–Trinajstić information content (AvgIpc) is 2.73. The van der Waals surface area contributed by atoms with Crippen LogP contribution in [0.2, 0.25) is 0 Å². The van der Waals surface area contributed by atoms with Crippen LogP contribution in [0.3, 0.4) is 0 Å². The molecule has 8 heteroatoms. The zero-order chi connectivity index (χ0) is 20.4. The molecule has 0 radical (unpaired) electrons. The van der Waals surface area contributed by atoms with Crippen molar-refractivity contribution in [2.75, 3.05) is 25.5 Å². The number of hydrogen-bond acceptors (Lipinski definition) is 4. The summed E-state index contributed by atoms with van der Waals surface area (Å²) in [6, 6.07) is 6.03. The monoisotopic (exact) mass is 398 g/mol. The van der Waals surface area contributed by atoms with Crippen molar-refractivity contribution in [3.63, 3.8) is 0 Å². The summed E-state index contributed by atoms with van der Waals surface area (Å²) >= 11 is 0. The summed E-state index contributed by atoms with van der Waals surface area (Å²) in [6.07, 6.45) is 6.03. The number of fused-ring (bicyclic) bond motifs is 1. The number of carbonyl (C=O) groups excluding carboxylic acids is 2. The molecule has 2 aliphatic rings. The molecule has 1 fully saturated rings. The zero-order valence-electron chi connectivity index (χ0n) is 16.2. The standard InChI is InChI=1S/C21H23FN4O3/c1-23-19(27)15-10-17(13-24-12-15)25-20(28)26-8-6-21(7-9-26)5-4-14-2-3-16(22)11-18(14)29-21/h2-3,10-13H,4-9H2,1H3,(H,23,27)(H,25,28). The van der Waals surface area contributed by atoms with Gasteiger partial charge in [0.15, 0.2) is 0 Å². The van der Waals surface area contributed by atoms with E-state index in [-0.39, 0.29) is 23.4 Å². The molecular formula is C21H23FN4O3. The Bertz CT molecular complexity index is 941. The molecule has 7 nitrogen and oxygen atoms in total. The van der Waals surface area contributed by atoms with E-state index < -0.39 is 0 Å². The van der Waals surface area contributed by atoms with Gasteiger partial charge >= 0.3 is 6.03 Å². The maximum absolute atomic E-state index is 13.6. The third-order valence-electron chi connectivity index (χ3n) is 5.65. The minimum atomic E-state index is -0.349. The van der Waals surface area contributed by atoms with Gasteiger partial charge in [-0.2, -0.15) is 0 Å². The second-order valence-corrected chi connectivity index (χ2v) is 7.50. The number of rotatable bonds is 2. The predicted octanol–water partition coefficient (Wildman–Crippen LogP) is 2.97. The highest BCUT2D eigenvalue weighted by molar-refractivity contribution is 5.96. The van der Waals surface area contributed by atoms with Crippen LogP contribution in [-0.4, -0.2) is 47.6 Å². The SMILES string of the molecule is CNC(=O)c1cncc(NC(=O)N2CCC3(CCc4ccc(F)cc4O3)CC2)c1. The molecule has 3 heterocycles. The molecule has 0 unspecified atom stereocenters. The first-order chi connectivity index (χ1) is 14.0. The summed E-state index contributed by atoms with van der Waals surface area (Å²) in [6.45, 7) is 1.08. The highest BCUT2D eigenvalue weighted by Crippen LogP contribution is 2.39. The number of pyridine rings is 1. The predicted molar refractivity (Wildman–Crippen MR) is 106 cm³/mol. The maximum Gasteiger partial charge on any atom is 0.321 e. The average molecular weight is 398 g/mol. The molecule has 1 saturated heterocycles. The second kappa shape index (κ2) is 7.69. The van der Waals surface area contributed by atoms with Gasteiger partial charge in [0.25, 0.3) is 5.91 Å². The largest absolute Gasteiger partial charge is 0.487 e. The van der Waals surface area contributed by atoms with E-state index >= 15 is 0 Å². The number of benzene rings is 1. The van der Waals surface area contributed by atoms with Crippen molar-refractivity contribution in [3.8, 4) is 5.75 Å². The lowest BCUT2D eigenvalue weighted by molar-refractivity contribution is -0.00460. The van der Waals surface area contributed by atoms with Crippen LogP contribution in [0.25, 0.3) is 0 Å². The molecule has 29 heavy (non-hydrogen) atoms. The number of ether oxygens (including phenoxy) is 1. The van der Waals surface area contributed by atoms with Gasteiger partial charge in [0.05, 0.1) is 17.4 Å². The minimum Gasteiger partial charge on any atom is -0.487 e. The van der Waals surface area contributed by atoms with Crippen LogP contribution in [0.15, 0.2) is 36.7 Å². The molecule has 1 spiro atoms. The van der Waals surface area contributed by atoms with Crippen molar-refractivity contribution < 1.29 is 18.7 Å². The Labute approximate surface area is 168 Å². The Morgan fingerprint density at radius 2 is 1.97 bits per heavy atom. The number of aryl methyl sites for hydroxylation is 1. The smallest absolute Gasteiger partial charge is 0.321 e. The fourth-order valence-electron chi connectivity index (χ4n) is 3.93. The van der Waals surface area contributed by atoms with Gasteiger partial charge in [0.2, 0.25) is 0 Å². The van der Waals surface area contributed by atoms with Crippen molar-refractivity contribution in [3.05, 3.63) is 53.6 Å². The topological polar surface area (TPSA) is 83.6 Å². The van der Waals surface area contributed by atoms with E-state index in [1.807, 2.05) is 0 Å². The van der Waals surface area contributed by atoms with E-state index in [4.69, 9.17) is 4.74 Å². The van der Waals surface area contributed by atoms with Gasteiger partial charge in [0.1, 0.15) is 17.2 Å². The molecule has 1 aromatic heterocycles. The molecule has 3 amide bonds. The Morgan fingerprint density at radius 1 is 1.17 bits per heavy atom. The first-order valence-corrected chi connectivity index (χ1v) is 9.68. The maximum atomic E-state index is 13.6. The van der Waals surface area contributed by atoms with E-state index in [9.17, 15) is 14.0 Å². The fourth-order valence-corrected chi connectivity index (χ4v) is 3.93. The molecule has 1 aromatic carbocycles. The van der Waals surface area contributed by atoms with E-state index in [1.54, 1.807) is 17.0 Å². The van der Waals surface area contributed by atoms with Gasteiger partial charge in [-0.1, -0.05) is 6.07 Å². The van der Waals surface area contributed by atoms with Gasteiger partial charge in [-0.05, 0) is 30.5 Å². The van der Waals surface area contributed by atoms with Crippen LogP contribution in [-0.2, 0) is 6.42 Å². The minimum absolute atomic E-state index is 0.238. The lowest BCUT2D eigenvalue weighted by Gasteiger charge is -2.44. The van der Waals surface area contributed by atoms with Crippen molar-refractivity contribution >= 4 is 17.6 Å². The Balaban J connectivity index is 1.37. The van der Waals surface area contributed by atoms with Gasteiger partial charge in [-0.25, -0.2) is 9.18 Å². The second-order valence-electron chi connectivity index (χ2n) is 7.50. The lowest BCUT2D eigenvalue weighted by atomic mass is 9.83. The Morgan fingerprint density at radius 3 is 2.72 bits per heavy atom. The van der Waals surface area contributed by atoms with Gasteiger partial charge in [0, 0.05) is 45.2 Å². The van der Waals surface area contributed by atoms with Crippen LogP contribution in [0, 0.1) is 5.82 Å². The molecule has 0 aliphatic carbocycles. The summed E-state index contributed by atoms with van der Waals surface area (Å²) in [7, 11) is 1.54. The van der Waals surface area contributed by atoms with Crippen LogP contribution < -0.4 is 15.4 Å². The number of halogens is 1. The number of hydrogen-bond donors (Lipinski definition) is 2. The van der Waals surface area contributed by atoms with Crippen molar-refractivity contribution in [1.29, 1.82) is 0 Å². The van der Waals surface area contributed by atoms with E-state index in [2.05, 4.69) is 15.6 Å². The Hall–Kier alpha value is -3.16. The molecule has 4 rings (SSSR count). The third-order valence-corrected chi connectivity index (χ3v) is 5.65. The number of amides is 3. The van der Waals surface area contributed by atoms with Gasteiger partial charge < -0.3 is 20.3 Å². The van der Waals surface area contributed by atoms with Crippen LogP contribution in [0.1, 0.15) is 35.2 Å². The molecule has 2 aliphatic heterocycles. The quantitative estimate of drug-likeness (QED) is 0.815. The summed E-state index contributed by atoms with van der Waals surface area (Å²) in [5.74, 6) is 0.0520. The summed E-state index contributed by atoms with van der Waals surface area (Å²) in [4.78, 5) is 30.1. The number of anilines is 1. The van der Waals surface area contributed by atoms with E-state index in [0.29, 0.717) is 42.9 Å². The zero-order valence-corrected chi connectivity index (χ0v) is 16.2. The first kappa shape index (κ1) is 19.2. The van der Waals surface area contributed by atoms with Crippen molar-refractivity contribution in [2.45, 2.75) is 31.3 Å². The molecule has 0 atom stereocenters. The highest BCUT2D eigenvalue weighted by atomic mass is 19.1. The summed E-state index contributed by atoms with van der Waals surface area (Å²) in [5.41, 5.74) is 1.53. The molecule has 2 N–H and O–H groups in total. The van der Waals surface area contributed by atoms with E-state index in [1.165, 1.54) is 31.6 Å². The molecule has 0 bridgehead atoms. The lowest BCUT2D eigenvalue weighted by Crippen LogP contribution is -2.52. The number of aromatic nitrogens is 1. The number of likely N-dealkylation sites (tertiary alicyclic amines) is 1. The number of carbonyl (C=O) groups is 2. The van der Waals surface area contributed by atoms with Crippen molar-refractivity contribution in [2.24, 2.45) is 0 Å². The summed E-state index contributed by atoms with van der Waals surface area (Å²) in [5, 5.41) is 5.33. The molecule has 2 aromatic rings. The summed E-state index contributed by atoms with van der Waals surface area (Å²) < 4.78 is 19.7. The van der Waals surface area contributed by atoms with Crippen LogP contribution in [0.5, 0.6) is 5.75 Å². The first-order valence-electron chi connectivity index (χ1n) is 9.68. The Kier molecular flexibility index (Phi) is 5.08. The van der Waals surface area contributed by atoms with E-state index in [0.717, 1.165) is 18.4 Å². The molecule has 0 saturated carbocycles. The third kappa shape index (κ3) is 4.01. The number of urea groups is 1. The molecular weight excluding hydrogens is 375 g/mol. The number of nitrogens with zero attached hydrogens (tertiary/aromatic N) is 2. The normalized spacial score (nSPS) is 17.2. The van der Waals surface area contributed by atoms with Crippen LogP contribution in [0.4, 0.5) is 14.9 Å². The van der Waals surface area contributed by atoms with Gasteiger partial charge in [-0.3, -0.25) is 9.78 Å². The number of nitrogens with one attached hydrogen (secondary N) is 2.